The zero-order valence-corrected chi connectivity index (χ0v) is 9.98. The van der Waals surface area contributed by atoms with Gasteiger partial charge in [0.05, 0.1) is 31.0 Å². The Morgan fingerprint density at radius 1 is 1.21 bits per heavy atom. The second-order valence-corrected chi connectivity index (χ2v) is 3.75. The highest BCUT2D eigenvalue weighted by Gasteiger charge is 2.06. The first-order chi connectivity index (χ1) is 9.16. The first kappa shape index (κ1) is 12.8. The van der Waals surface area contributed by atoms with E-state index in [1.54, 1.807) is 24.3 Å². The van der Waals surface area contributed by atoms with Crippen molar-refractivity contribution >= 4 is 5.97 Å². The van der Waals surface area contributed by atoms with Gasteiger partial charge in [-0.05, 0) is 12.1 Å². The number of nitrogens with zero attached hydrogens (tertiary/aromatic N) is 2. The predicted molar refractivity (Wildman–Crippen MR) is 66.9 cm³/mol. The number of para-hydroxylation sites is 1. The largest absolute Gasteiger partial charge is 0.507 e. The number of phenolic OH excluding ortho intramolecular Hbond substituents is 1. The van der Waals surface area contributed by atoms with E-state index in [1.165, 1.54) is 12.4 Å². The molecule has 2 N–H and O–H groups in total. The average Bonchev–Trinajstić information content (AvgIpc) is 2.40. The fourth-order valence-electron chi connectivity index (χ4n) is 1.45. The van der Waals surface area contributed by atoms with Crippen LogP contribution < -0.4 is 4.74 Å². The van der Waals surface area contributed by atoms with Crippen LogP contribution in [0.4, 0.5) is 0 Å². The quantitative estimate of drug-likeness (QED) is 0.850. The number of aromatic hydroxyl groups is 1. The van der Waals surface area contributed by atoms with E-state index in [-0.39, 0.29) is 18.8 Å². The van der Waals surface area contributed by atoms with Crippen LogP contribution in [0.15, 0.2) is 36.7 Å². The van der Waals surface area contributed by atoms with Crippen molar-refractivity contribution in [2.24, 2.45) is 0 Å². The van der Waals surface area contributed by atoms with Gasteiger partial charge in [0.25, 0.3) is 0 Å². The number of phenols is 1. The monoisotopic (exact) mass is 260 g/mol. The third-order valence-corrected chi connectivity index (χ3v) is 2.36. The lowest BCUT2D eigenvalue weighted by molar-refractivity contribution is -0.137. The zero-order valence-electron chi connectivity index (χ0n) is 9.98. The fourth-order valence-corrected chi connectivity index (χ4v) is 1.45. The van der Waals surface area contributed by atoms with Gasteiger partial charge in [-0.2, -0.15) is 0 Å². The molecule has 98 valence electrons. The molecule has 1 aromatic carbocycles. The standard InChI is InChI=1S/C13H12N2O4/c16-11-4-2-1-3-10(11)13-14-7-9(8-15-13)19-6-5-12(17)18/h1-4,7-8,16H,5-6H2,(H,17,18). The lowest BCUT2D eigenvalue weighted by Gasteiger charge is -2.05. The topological polar surface area (TPSA) is 92.5 Å². The van der Waals surface area contributed by atoms with Crippen molar-refractivity contribution in [3.8, 4) is 22.9 Å². The van der Waals surface area contributed by atoms with E-state index >= 15 is 0 Å². The Balaban J connectivity index is 2.06. The highest BCUT2D eigenvalue weighted by atomic mass is 16.5. The molecule has 2 aromatic rings. The minimum atomic E-state index is -0.924. The Morgan fingerprint density at radius 3 is 2.53 bits per heavy atom. The first-order valence-electron chi connectivity index (χ1n) is 5.62. The van der Waals surface area contributed by atoms with Gasteiger partial charge in [-0.1, -0.05) is 12.1 Å². The van der Waals surface area contributed by atoms with Crippen molar-refractivity contribution in [3.05, 3.63) is 36.7 Å². The van der Waals surface area contributed by atoms with Gasteiger partial charge in [-0.3, -0.25) is 4.79 Å². The van der Waals surface area contributed by atoms with E-state index in [0.717, 1.165) is 0 Å². The van der Waals surface area contributed by atoms with Gasteiger partial charge in [0.1, 0.15) is 5.75 Å². The van der Waals surface area contributed by atoms with Crippen molar-refractivity contribution in [3.63, 3.8) is 0 Å². The van der Waals surface area contributed by atoms with Crippen LogP contribution in [0.2, 0.25) is 0 Å². The van der Waals surface area contributed by atoms with Gasteiger partial charge >= 0.3 is 5.97 Å². The lowest BCUT2D eigenvalue weighted by atomic mass is 10.2. The van der Waals surface area contributed by atoms with Gasteiger partial charge in [0.15, 0.2) is 11.6 Å². The van der Waals surface area contributed by atoms with E-state index < -0.39 is 5.97 Å². The van der Waals surface area contributed by atoms with Crippen molar-refractivity contribution in [2.75, 3.05) is 6.61 Å². The number of aliphatic carboxylic acids is 1. The average molecular weight is 260 g/mol. The molecule has 2 rings (SSSR count). The summed E-state index contributed by atoms with van der Waals surface area (Å²) in [5, 5.41) is 18.1. The second-order valence-electron chi connectivity index (χ2n) is 3.75. The molecule has 0 spiro atoms. The molecule has 0 bridgehead atoms. The number of hydrogen-bond donors (Lipinski definition) is 2. The molecule has 0 amide bonds. The molecule has 1 heterocycles. The molecule has 0 fully saturated rings. The van der Waals surface area contributed by atoms with Crippen LogP contribution in [-0.4, -0.2) is 32.8 Å². The Labute approximate surface area is 109 Å². The van der Waals surface area contributed by atoms with Crippen LogP contribution in [-0.2, 0) is 4.79 Å². The third kappa shape index (κ3) is 3.41. The Kier molecular flexibility index (Phi) is 3.92. The number of aromatic nitrogens is 2. The second kappa shape index (κ2) is 5.81. The maximum atomic E-state index is 10.3. The molecule has 1 aromatic heterocycles. The van der Waals surface area contributed by atoms with Crippen molar-refractivity contribution in [2.45, 2.75) is 6.42 Å². The van der Waals surface area contributed by atoms with E-state index in [9.17, 15) is 9.90 Å². The molecule has 6 heteroatoms. The van der Waals surface area contributed by atoms with Gasteiger partial charge in [0, 0.05) is 0 Å². The van der Waals surface area contributed by atoms with Gasteiger partial charge < -0.3 is 14.9 Å². The number of benzene rings is 1. The van der Waals surface area contributed by atoms with Crippen molar-refractivity contribution in [1.29, 1.82) is 0 Å². The van der Waals surface area contributed by atoms with E-state index in [0.29, 0.717) is 17.1 Å². The third-order valence-electron chi connectivity index (χ3n) is 2.36. The van der Waals surface area contributed by atoms with E-state index in [4.69, 9.17) is 9.84 Å². The normalized spacial score (nSPS) is 10.1. The predicted octanol–water partition coefficient (Wildman–Crippen LogP) is 1.70. The smallest absolute Gasteiger partial charge is 0.306 e. The molecule has 0 atom stereocenters. The van der Waals surface area contributed by atoms with Crippen LogP contribution in [0.5, 0.6) is 11.5 Å². The SMILES string of the molecule is O=C(O)CCOc1cnc(-c2ccccc2O)nc1. The van der Waals surface area contributed by atoms with Crippen LogP contribution in [0.1, 0.15) is 6.42 Å². The molecule has 19 heavy (non-hydrogen) atoms. The summed E-state index contributed by atoms with van der Waals surface area (Å²) in [6.45, 7) is 0.0641. The zero-order chi connectivity index (χ0) is 13.7. The summed E-state index contributed by atoms with van der Waals surface area (Å²) < 4.78 is 5.17. The number of hydrogen-bond acceptors (Lipinski definition) is 5. The molecule has 0 aliphatic rings. The Morgan fingerprint density at radius 2 is 1.89 bits per heavy atom. The lowest BCUT2D eigenvalue weighted by Crippen LogP contribution is -2.05. The number of carboxylic acid groups (broad SMARTS) is 1. The molecule has 0 unspecified atom stereocenters. The molecule has 0 saturated carbocycles. The minimum absolute atomic E-state index is 0.0641. The van der Waals surface area contributed by atoms with Crippen LogP contribution >= 0.6 is 0 Å². The number of carbonyl (C=O) groups is 1. The molecule has 0 aliphatic carbocycles. The Hall–Kier alpha value is -2.63. The molecule has 0 saturated heterocycles. The highest BCUT2D eigenvalue weighted by Crippen LogP contribution is 2.25. The number of rotatable bonds is 5. The van der Waals surface area contributed by atoms with Gasteiger partial charge in [-0.25, -0.2) is 9.97 Å². The van der Waals surface area contributed by atoms with Crippen LogP contribution in [0.25, 0.3) is 11.4 Å². The fraction of sp³-hybridized carbons (Fsp3) is 0.154. The van der Waals surface area contributed by atoms with Gasteiger partial charge in [-0.15, -0.1) is 0 Å². The van der Waals surface area contributed by atoms with E-state index in [2.05, 4.69) is 9.97 Å². The van der Waals surface area contributed by atoms with Crippen molar-refractivity contribution in [1.82, 2.24) is 9.97 Å². The highest BCUT2D eigenvalue weighted by molar-refractivity contribution is 5.66. The van der Waals surface area contributed by atoms with Crippen molar-refractivity contribution < 1.29 is 19.7 Å². The van der Waals surface area contributed by atoms with Crippen LogP contribution in [0, 0.1) is 0 Å². The molecular formula is C13H12N2O4. The molecule has 0 aliphatic heterocycles. The Bertz CT molecular complexity index is 569. The summed E-state index contributed by atoms with van der Waals surface area (Å²) in [4.78, 5) is 18.5. The number of carboxylic acids is 1. The van der Waals surface area contributed by atoms with Crippen LogP contribution in [0.3, 0.4) is 0 Å². The molecule has 6 nitrogen and oxygen atoms in total. The summed E-state index contributed by atoms with van der Waals surface area (Å²) >= 11 is 0. The first-order valence-corrected chi connectivity index (χ1v) is 5.62. The molecular weight excluding hydrogens is 248 g/mol. The van der Waals surface area contributed by atoms with Gasteiger partial charge in [0.2, 0.25) is 0 Å². The van der Waals surface area contributed by atoms with E-state index in [1.807, 2.05) is 0 Å². The summed E-state index contributed by atoms with van der Waals surface area (Å²) in [6.07, 6.45) is 2.80. The maximum absolute atomic E-state index is 10.3. The summed E-state index contributed by atoms with van der Waals surface area (Å²) in [5.74, 6) is -0.0575. The summed E-state index contributed by atoms with van der Waals surface area (Å²) in [5.41, 5.74) is 0.527. The molecule has 0 radical (unpaired) electrons. The number of ether oxygens (including phenoxy) is 1. The maximum Gasteiger partial charge on any atom is 0.306 e. The summed E-state index contributed by atoms with van der Waals surface area (Å²) in [7, 11) is 0. The minimum Gasteiger partial charge on any atom is -0.507 e. The summed E-state index contributed by atoms with van der Waals surface area (Å²) in [6, 6.07) is 6.74.